The van der Waals surface area contributed by atoms with Gasteiger partial charge < -0.3 is 10.1 Å². The average Bonchev–Trinajstić information content (AvgIpc) is 2.44. The number of amides is 1. The highest BCUT2D eigenvalue weighted by Gasteiger charge is 2.18. The van der Waals surface area contributed by atoms with Gasteiger partial charge in [-0.25, -0.2) is 0 Å². The largest absolute Gasteiger partial charge is 0.493 e. The molecule has 0 radical (unpaired) electrons. The van der Waals surface area contributed by atoms with Crippen LogP contribution in [-0.2, 0) is 4.79 Å². The number of hydrogen-bond acceptors (Lipinski definition) is 2. The quantitative estimate of drug-likeness (QED) is 0.731. The van der Waals surface area contributed by atoms with E-state index in [1.54, 1.807) is 0 Å². The second-order valence-corrected chi connectivity index (χ2v) is 5.28. The Morgan fingerprint density at radius 3 is 2.70 bits per heavy atom. The molecule has 1 rings (SSSR count). The fraction of sp³-hybridized carbons (Fsp3) is 0.471. The Balaban J connectivity index is 2.98. The first kappa shape index (κ1) is 16.3. The minimum atomic E-state index is -0.152. The van der Waals surface area contributed by atoms with Crippen LogP contribution in [0.15, 0.2) is 36.9 Å². The molecule has 0 bridgehead atoms. The summed E-state index contributed by atoms with van der Waals surface area (Å²) in [5, 5.41) is 2.99. The van der Waals surface area contributed by atoms with E-state index < -0.39 is 0 Å². The Morgan fingerprint density at radius 1 is 1.40 bits per heavy atom. The zero-order valence-electron chi connectivity index (χ0n) is 12.7. The molecular weight excluding hydrogens is 250 g/mol. The van der Waals surface area contributed by atoms with Crippen LogP contribution in [-0.4, -0.2) is 12.5 Å². The molecule has 1 atom stereocenters. The van der Waals surface area contributed by atoms with Gasteiger partial charge in [0.25, 0.3) is 0 Å². The van der Waals surface area contributed by atoms with Gasteiger partial charge in [0.05, 0.1) is 12.6 Å². The highest BCUT2D eigenvalue weighted by molar-refractivity contribution is 5.87. The Hall–Kier alpha value is -1.77. The summed E-state index contributed by atoms with van der Waals surface area (Å²) in [7, 11) is 0. The SMILES string of the molecule is C=CC(=O)NC(CC(C)C)c1ccccc1OCCC. The molecule has 1 N–H and O–H groups in total. The molecular formula is C17H25NO2. The monoisotopic (exact) mass is 275 g/mol. The Kier molecular flexibility index (Phi) is 6.85. The summed E-state index contributed by atoms with van der Waals surface area (Å²) in [6.07, 6.45) is 3.14. The topological polar surface area (TPSA) is 38.3 Å². The number of hydrogen-bond donors (Lipinski definition) is 1. The Morgan fingerprint density at radius 2 is 2.10 bits per heavy atom. The van der Waals surface area contributed by atoms with Gasteiger partial charge in [0, 0.05) is 5.56 Å². The van der Waals surface area contributed by atoms with E-state index in [1.807, 2.05) is 24.3 Å². The molecule has 0 aliphatic carbocycles. The minimum absolute atomic E-state index is 0.0476. The van der Waals surface area contributed by atoms with Crippen LogP contribution in [0.4, 0.5) is 0 Å². The van der Waals surface area contributed by atoms with E-state index in [2.05, 4.69) is 32.7 Å². The second-order valence-electron chi connectivity index (χ2n) is 5.28. The van der Waals surface area contributed by atoms with Crippen molar-refractivity contribution in [3.8, 4) is 5.75 Å². The van der Waals surface area contributed by atoms with E-state index in [0.29, 0.717) is 12.5 Å². The maximum Gasteiger partial charge on any atom is 0.243 e. The first-order valence-corrected chi connectivity index (χ1v) is 7.23. The lowest BCUT2D eigenvalue weighted by Gasteiger charge is -2.23. The number of rotatable bonds is 8. The van der Waals surface area contributed by atoms with Crippen LogP contribution in [0, 0.1) is 5.92 Å². The van der Waals surface area contributed by atoms with E-state index in [1.165, 1.54) is 6.08 Å². The van der Waals surface area contributed by atoms with Gasteiger partial charge >= 0.3 is 0 Å². The molecule has 0 saturated carbocycles. The van der Waals surface area contributed by atoms with Crippen molar-refractivity contribution in [2.75, 3.05) is 6.61 Å². The van der Waals surface area contributed by atoms with Crippen LogP contribution < -0.4 is 10.1 Å². The fourth-order valence-corrected chi connectivity index (χ4v) is 2.08. The molecule has 1 unspecified atom stereocenters. The van der Waals surface area contributed by atoms with E-state index in [9.17, 15) is 4.79 Å². The van der Waals surface area contributed by atoms with Crippen molar-refractivity contribution in [2.24, 2.45) is 5.92 Å². The maximum atomic E-state index is 11.6. The van der Waals surface area contributed by atoms with Crippen molar-refractivity contribution < 1.29 is 9.53 Å². The lowest BCUT2D eigenvalue weighted by molar-refractivity contribution is -0.117. The number of benzene rings is 1. The molecule has 110 valence electrons. The van der Waals surface area contributed by atoms with Crippen molar-refractivity contribution in [3.05, 3.63) is 42.5 Å². The highest BCUT2D eigenvalue weighted by atomic mass is 16.5. The van der Waals surface area contributed by atoms with E-state index in [-0.39, 0.29) is 11.9 Å². The third-order valence-corrected chi connectivity index (χ3v) is 2.97. The third-order valence-electron chi connectivity index (χ3n) is 2.97. The average molecular weight is 275 g/mol. The normalized spacial score (nSPS) is 12.0. The summed E-state index contributed by atoms with van der Waals surface area (Å²) in [5.41, 5.74) is 1.03. The standard InChI is InChI=1S/C17H25NO2/c1-5-11-20-16-10-8-7-9-14(16)15(12-13(3)4)18-17(19)6-2/h6-10,13,15H,2,5,11-12H2,1,3-4H3,(H,18,19). The van der Waals surface area contributed by atoms with Crippen LogP contribution in [0.2, 0.25) is 0 Å². The van der Waals surface area contributed by atoms with Gasteiger partial charge in [-0.2, -0.15) is 0 Å². The van der Waals surface area contributed by atoms with E-state index >= 15 is 0 Å². The maximum absolute atomic E-state index is 11.6. The number of carbonyl (C=O) groups excluding carboxylic acids is 1. The van der Waals surface area contributed by atoms with Crippen LogP contribution in [0.5, 0.6) is 5.75 Å². The fourth-order valence-electron chi connectivity index (χ4n) is 2.08. The lowest BCUT2D eigenvalue weighted by atomic mass is 9.96. The summed E-state index contributed by atoms with van der Waals surface area (Å²) in [4.78, 5) is 11.6. The molecule has 1 aromatic rings. The predicted octanol–water partition coefficient (Wildman–Crippen LogP) is 3.86. The third kappa shape index (κ3) is 5.08. The zero-order chi connectivity index (χ0) is 15.0. The van der Waals surface area contributed by atoms with Gasteiger partial charge in [-0.1, -0.05) is 45.5 Å². The van der Waals surface area contributed by atoms with Crippen molar-refractivity contribution in [1.29, 1.82) is 0 Å². The molecule has 1 amide bonds. The number of ether oxygens (including phenoxy) is 1. The van der Waals surface area contributed by atoms with Crippen LogP contribution in [0.1, 0.15) is 45.2 Å². The molecule has 20 heavy (non-hydrogen) atoms. The lowest BCUT2D eigenvalue weighted by Crippen LogP contribution is -2.28. The molecule has 0 fully saturated rings. The first-order valence-electron chi connectivity index (χ1n) is 7.23. The summed E-state index contributed by atoms with van der Waals surface area (Å²) < 4.78 is 5.79. The van der Waals surface area contributed by atoms with Gasteiger partial charge in [0.2, 0.25) is 5.91 Å². The molecule has 0 aromatic heterocycles. The van der Waals surface area contributed by atoms with Crippen LogP contribution in [0.25, 0.3) is 0 Å². The van der Waals surface area contributed by atoms with Crippen molar-refractivity contribution in [3.63, 3.8) is 0 Å². The van der Waals surface area contributed by atoms with Gasteiger partial charge in [-0.05, 0) is 30.9 Å². The second kappa shape index (κ2) is 8.41. The smallest absolute Gasteiger partial charge is 0.243 e. The first-order chi connectivity index (χ1) is 9.58. The molecule has 0 aliphatic rings. The minimum Gasteiger partial charge on any atom is -0.493 e. The molecule has 0 saturated heterocycles. The van der Waals surface area contributed by atoms with Gasteiger partial charge in [0.15, 0.2) is 0 Å². The summed E-state index contributed by atoms with van der Waals surface area (Å²) >= 11 is 0. The van der Waals surface area contributed by atoms with Crippen molar-refractivity contribution in [2.45, 2.75) is 39.7 Å². The molecule has 0 spiro atoms. The number of carbonyl (C=O) groups is 1. The summed E-state index contributed by atoms with van der Waals surface area (Å²) in [6, 6.07) is 7.85. The van der Waals surface area contributed by atoms with Crippen molar-refractivity contribution >= 4 is 5.91 Å². The summed E-state index contributed by atoms with van der Waals surface area (Å²) in [6.45, 7) is 10.6. The molecule has 0 aliphatic heterocycles. The zero-order valence-corrected chi connectivity index (χ0v) is 12.7. The van der Waals surface area contributed by atoms with E-state index in [0.717, 1.165) is 24.2 Å². The number of nitrogens with one attached hydrogen (secondary N) is 1. The van der Waals surface area contributed by atoms with Crippen LogP contribution >= 0.6 is 0 Å². The van der Waals surface area contributed by atoms with Crippen molar-refractivity contribution in [1.82, 2.24) is 5.32 Å². The Labute approximate surface area is 122 Å². The van der Waals surface area contributed by atoms with Gasteiger partial charge in [-0.3, -0.25) is 4.79 Å². The Bertz CT molecular complexity index is 440. The highest BCUT2D eigenvalue weighted by Crippen LogP contribution is 2.29. The van der Waals surface area contributed by atoms with Gasteiger partial charge in [0.1, 0.15) is 5.75 Å². The van der Waals surface area contributed by atoms with Gasteiger partial charge in [-0.15, -0.1) is 0 Å². The number of para-hydroxylation sites is 1. The van der Waals surface area contributed by atoms with Crippen LogP contribution in [0.3, 0.4) is 0 Å². The predicted molar refractivity (Wildman–Crippen MR) is 82.8 cm³/mol. The molecule has 0 heterocycles. The molecule has 3 nitrogen and oxygen atoms in total. The van der Waals surface area contributed by atoms with E-state index in [4.69, 9.17) is 4.74 Å². The molecule has 1 aromatic carbocycles. The molecule has 3 heteroatoms. The summed E-state index contributed by atoms with van der Waals surface area (Å²) in [5.74, 6) is 1.18.